The van der Waals surface area contributed by atoms with Crippen molar-refractivity contribution in [2.24, 2.45) is 11.7 Å². The summed E-state index contributed by atoms with van der Waals surface area (Å²) in [5.41, 5.74) is 6.14. The van der Waals surface area contributed by atoms with Crippen molar-refractivity contribution in [1.82, 2.24) is 0 Å². The second-order valence-electron chi connectivity index (χ2n) is 5.91. The first-order valence-electron chi connectivity index (χ1n) is 7.95. The number of hydrogen-bond donors (Lipinski definition) is 2. The van der Waals surface area contributed by atoms with Crippen molar-refractivity contribution in [1.29, 1.82) is 0 Å². The number of nitrogens with one attached hydrogen (secondary N) is 1. The third-order valence-electron chi connectivity index (χ3n) is 4.25. The monoisotopic (exact) mass is 290 g/mol. The summed E-state index contributed by atoms with van der Waals surface area (Å²) in [4.78, 5) is 10.8. The van der Waals surface area contributed by atoms with Crippen LogP contribution in [0.2, 0.25) is 0 Å². The Bertz CT molecular complexity index is 462. The lowest BCUT2D eigenvalue weighted by molar-refractivity contribution is -0.119. The van der Waals surface area contributed by atoms with Crippen LogP contribution in [0.3, 0.4) is 0 Å². The van der Waals surface area contributed by atoms with Gasteiger partial charge in [0.25, 0.3) is 5.91 Å². The average molecular weight is 290 g/mol. The van der Waals surface area contributed by atoms with Crippen LogP contribution < -0.4 is 15.8 Å². The standard InChI is InChI=1S/C17H26N2O2/c1-2-13-5-3-6-14(10-9-13)19-15-7-4-8-16(11-15)21-12-17(18)20/h4,7-8,11,13-14,19H,2-3,5-6,9-10,12H2,1H3,(H2,18,20). The molecule has 2 unspecified atom stereocenters. The normalized spacial score (nSPS) is 22.3. The zero-order valence-corrected chi connectivity index (χ0v) is 12.8. The van der Waals surface area contributed by atoms with Gasteiger partial charge in [-0.2, -0.15) is 0 Å². The number of hydrogen-bond acceptors (Lipinski definition) is 3. The maximum absolute atomic E-state index is 10.8. The van der Waals surface area contributed by atoms with E-state index in [-0.39, 0.29) is 6.61 Å². The summed E-state index contributed by atoms with van der Waals surface area (Å²) in [5.74, 6) is 1.11. The Hall–Kier alpha value is -1.71. The summed E-state index contributed by atoms with van der Waals surface area (Å²) in [6.07, 6.45) is 7.72. The van der Waals surface area contributed by atoms with E-state index in [1.54, 1.807) is 0 Å². The van der Waals surface area contributed by atoms with Gasteiger partial charge in [0.15, 0.2) is 6.61 Å². The predicted octanol–water partition coefficient (Wildman–Crippen LogP) is 3.32. The van der Waals surface area contributed by atoms with Crippen LogP contribution in [-0.4, -0.2) is 18.6 Å². The third-order valence-corrected chi connectivity index (χ3v) is 4.25. The molecule has 116 valence electrons. The number of nitrogens with two attached hydrogens (primary N) is 1. The van der Waals surface area contributed by atoms with Crippen molar-refractivity contribution in [2.45, 2.75) is 51.5 Å². The van der Waals surface area contributed by atoms with Crippen molar-refractivity contribution in [3.05, 3.63) is 24.3 Å². The molecule has 0 saturated heterocycles. The highest BCUT2D eigenvalue weighted by molar-refractivity contribution is 5.75. The van der Waals surface area contributed by atoms with E-state index in [1.807, 2.05) is 24.3 Å². The summed E-state index contributed by atoms with van der Waals surface area (Å²) in [6.45, 7) is 2.21. The number of rotatable bonds is 6. The van der Waals surface area contributed by atoms with Crippen molar-refractivity contribution in [2.75, 3.05) is 11.9 Å². The van der Waals surface area contributed by atoms with Crippen LogP contribution in [0, 0.1) is 5.92 Å². The van der Waals surface area contributed by atoms with Crippen LogP contribution in [-0.2, 0) is 4.79 Å². The Morgan fingerprint density at radius 3 is 2.95 bits per heavy atom. The lowest BCUT2D eigenvalue weighted by Crippen LogP contribution is -2.20. The number of carbonyl (C=O) groups excluding carboxylic acids is 1. The lowest BCUT2D eigenvalue weighted by atomic mass is 9.98. The molecule has 2 atom stereocenters. The van der Waals surface area contributed by atoms with Gasteiger partial charge in [0, 0.05) is 17.8 Å². The summed E-state index contributed by atoms with van der Waals surface area (Å²) in [7, 11) is 0. The van der Waals surface area contributed by atoms with Gasteiger partial charge in [-0.3, -0.25) is 4.79 Å². The number of anilines is 1. The molecule has 3 N–H and O–H groups in total. The van der Waals surface area contributed by atoms with Crippen LogP contribution in [0.15, 0.2) is 24.3 Å². The third kappa shape index (κ3) is 5.29. The molecule has 0 aromatic heterocycles. The fourth-order valence-electron chi connectivity index (χ4n) is 3.00. The van der Waals surface area contributed by atoms with Gasteiger partial charge in [0.1, 0.15) is 5.75 Å². The van der Waals surface area contributed by atoms with Gasteiger partial charge in [0.2, 0.25) is 0 Å². The summed E-state index contributed by atoms with van der Waals surface area (Å²) >= 11 is 0. The van der Waals surface area contributed by atoms with E-state index in [9.17, 15) is 4.79 Å². The Morgan fingerprint density at radius 2 is 2.19 bits per heavy atom. The molecule has 0 spiro atoms. The Labute approximate surface area is 127 Å². The Morgan fingerprint density at radius 1 is 1.33 bits per heavy atom. The number of benzene rings is 1. The summed E-state index contributed by atoms with van der Waals surface area (Å²) in [6, 6.07) is 8.29. The van der Waals surface area contributed by atoms with E-state index in [0.29, 0.717) is 11.8 Å². The van der Waals surface area contributed by atoms with Crippen LogP contribution in [0.1, 0.15) is 45.4 Å². The summed E-state index contributed by atoms with van der Waals surface area (Å²) < 4.78 is 5.34. The number of carbonyl (C=O) groups is 1. The maximum atomic E-state index is 10.8. The SMILES string of the molecule is CCC1CCCC(Nc2cccc(OCC(N)=O)c2)CC1. The molecule has 2 rings (SSSR count). The van der Waals surface area contributed by atoms with Crippen molar-refractivity contribution < 1.29 is 9.53 Å². The molecule has 1 saturated carbocycles. The molecular formula is C17H26N2O2. The van der Waals surface area contributed by atoms with Crippen molar-refractivity contribution in [3.63, 3.8) is 0 Å². The average Bonchev–Trinajstić information content (AvgIpc) is 2.71. The molecule has 1 aliphatic carbocycles. The Balaban J connectivity index is 1.90. The minimum Gasteiger partial charge on any atom is -0.484 e. The van der Waals surface area contributed by atoms with Crippen LogP contribution in [0.25, 0.3) is 0 Å². The second kappa shape index (κ2) is 7.91. The molecular weight excluding hydrogens is 264 g/mol. The van der Waals surface area contributed by atoms with E-state index in [1.165, 1.54) is 38.5 Å². The molecule has 0 aliphatic heterocycles. The largest absolute Gasteiger partial charge is 0.484 e. The number of primary amides is 1. The number of amides is 1. The maximum Gasteiger partial charge on any atom is 0.255 e. The highest BCUT2D eigenvalue weighted by Crippen LogP contribution is 2.28. The van der Waals surface area contributed by atoms with Crippen LogP contribution >= 0.6 is 0 Å². The zero-order valence-electron chi connectivity index (χ0n) is 12.8. The van der Waals surface area contributed by atoms with Gasteiger partial charge in [-0.05, 0) is 37.3 Å². The van der Waals surface area contributed by atoms with Crippen molar-refractivity contribution in [3.8, 4) is 5.75 Å². The van der Waals surface area contributed by atoms with Crippen molar-refractivity contribution >= 4 is 11.6 Å². The first-order chi connectivity index (χ1) is 10.2. The molecule has 1 fully saturated rings. The smallest absolute Gasteiger partial charge is 0.255 e. The molecule has 1 amide bonds. The lowest BCUT2D eigenvalue weighted by Gasteiger charge is -2.18. The van der Waals surface area contributed by atoms with Gasteiger partial charge < -0.3 is 15.8 Å². The van der Waals surface area contributed by atoms with E-state index >= 15 is 0 Å². The topological polar surface area (TPSA) is 64.3 Å². The molecule has 1 aromatic rings. The van der Waals surface area contributed by atoms with E-state index < -0.39 is 5.91 Å². The molecule has 1 aromatic carbocycles. The van der Waals surface area contributed by atoms with Gasteiger partial charge in [-0.25, -0.2) is 0 Å². The van der Waals surface area contributed by atoms with Gasteiger partial charge >= 0.3 is 0 Å². The first-order valence-corrected chi connectivity index (χ1v) is 7.95. The van der Waals surface area contributed by atoms with E-state index in [4.69, 9.17) is 10.5 Å². The molecule has 0 radical (unpaired) electrons. The Kier molecular flexibility index (Phi) is 5.90. The molecule has 0 bridgehead atoms. The van der Waals surface area contributed by atoms with Gasteiger partial charge in [0.05, 0.1) is 0 Å². The molecule has 4 heteroatoms. The van der Waals surface area contributed by atoms with Gasteiger partial charge in [-0.15, -0.1) is 0 Å². The zero-order chi connectivity index (χ0) is 15.1. The fraction of sp³-hybridized carbons (Fsp3) is 0.588. The summed E-state index contributed by atoms with van der Waals surface area (Å²) in [5, 5.41) is 3.60. The molecule has 4 nitrogen and oxygen atoms in total. The minimum absolute atomic E-state index is 0.0783. The predicted molar refractivity (Wildman–Crippen MR) is 85.4 cm³/mol. The molecule has 21 heavy (non-hydrogen) atoms. The second-order valence-corrected chi connectivity index (χ2v) is 5.91. The number of ether oxygens (including phenoxy) is 1. The molecule has 0 heterocycles. The quantitative estimate of drug-likeness (QED) is 0.790. The minimum atomic E-state index is -0.456. The first kappa shape index (κ1) is 15.7. The van der Waals surface area contributed by atoms with E-state index in [2.05, 4.69) is 12.2 Å². The van der Waals surface area contributed by atoms with Crippen LogP contribution in [0.4, 0.5) is 5.69 Å². The van der Waals surface area contributed by atoms with Crippen LogP contribution in [0.5, 0.6) is 5.75 Å². The van der Waals surface area contributed by atoms with E-state index in [0.717, 1.165) is 11.6 Å². The highest BCUT2D eigenvalue weighted by atomic mass is 16.5. The molecule has 1 aliphatic rings. The highest BCUT2D eigenvalue weighted by Gasteiger charge is 2.17. The fourth-order valence-corrected chi connectivity index (χ4v) is 3.00. The van der Waals surface area contributed by atoms with Gasteiger partial charge in [-0.1, -0.05) is 32.3 Å².